The van der Waals surface area contributed by atoms with Crippen LogP contribution in [0, 0.1) is 22.7 Å². The molecule has 6 atom stereocenters. The topological polar surface area (TPSA) is 76.0 Å². The van der Waals surface area contributed by atoms with Gasteiger partial charge in [0.2, 0.25) is 0 Å². The second-order valence-corrected chi connectivity index (χ2v) is 15.9. The first-order valence-corrected chi connectivity index (χ1v) is 17.8. The maximum atomic E-state index is 12.4. The summed E-state index contributed by atoms with van der Waals surface area (Å²) in [6, 6.07) is 22.7. The number of hydrogen-bond donors (Lipinski definition) is 2. The number of ether oxygens (including phenoxy) is 2. The Bertz CT molecular complexity index is 1580. The predicted molar refractivity (Wildman–Crippen MR) is 187 cm³/mol. The van der Waals surface area contributed by atoms with Crippen LogP contribution in [-0.2, 0) is 39.8 Å². The number of rotatable bonds is 5. The van der Waals surface area contributed by atoms with Crippen molar-refractivity contribution in [1.29, 1.82) is 0 Å². The number of aliphatic hydroxyl groups excluding tert-OH is 1. The van der Waals surface area contributed by atoms with Crippen LogP contribution >= 0.6 is 0 Å². The smallest absolute Gasteiger partial charge is 0.311 e. The highest BCUT2D eigenvalue weighted by atomic mass is 16.5. The minimum absolute atomic E-state index is 0.0472. The molecule has 2 saturated carbocycles. The highest BCUT2D eigenvalue weighted by Gasteiger charge is 2.56. The SMILES string of the molecule is COC(=O)[C@@]1(C)CCC[C@]2(C)c3cc(O)ccc3CC[C@@H]12.C[C@]1(CO)CCC[C@]2(C)c3cc(OCc4ccccc4)ccc3CC[C@@H]12. The summed E-state index contributed by atoms with van der Waals surface area (Å²) in [5.41, 5.74) is 6.41. The normalized spacial score (nSPS) is 32.3. The molecule has 0 bridgehead atoms. The number of aliphatic hydroxyl groups is 1. The van der Waals surface area contributed by atoms with Gasteiger partial charge in [0.25, 0.3) is 0 Å². The number of phenolic OH excluding ortho intramolecular Hbond substituents is 1. The number of esters is 1. The van der Waals surface area contributed by atoms with Gasteiger partial charge in [-0.25, -0.2) is 0 Å². The van der Waals surface area contributed by atoms with E-state index in [4.69, 9.17) is 9.47 Å². The number of phenols is 1. The van der Waals surface area contributed by atoms with Gasteiger partial charge < -0.3 is 19.7 Å². The summed E-state index contributed by atoms with van der Waals surface area (Å²) in [7, 11) is 1.49. The molecule has 0 aliphatic heterocycles. The molecule has 5 heteroatoms. The van der Waals surface area contributed by atoms with Crippen LogP contribution in [0.2, 0.25) is 0 Å². The zero-order chi connectivity index (χ0) is 33.5. The van der Waals surface area contributed by atoms with Crippen LogP contribution in [0.4, 0.5) is 0 Å². The third-order valence-corrected chi connectivity index (χ3v) is 13.1. The first-order chi connectivity index (χ1) is 22.5. The average molecular weight is 639 g/mol. The van der Waals surface area contributed by atoms with Crippen LogP contribution in [0.5, 0.6) is 11.5 Å². The summed E-state index contributed by atoms with van der Waals surface area (Å²) in [5, 5.41) is 20.0. The molecule has 47 heavy (non-hydrogen) atoms. The Labute approximate surface area is 281 Å². The van der Waals surface area contributed by atoms with Crippen molar-refractivity contribution < 1.29 is 24.5 Å². The fourth-order valence-electron chi connectivity index (χ4n) is 10.5. The molecule has 0 radical (unpaired) electrons. The van der Waals surface area contributed by atoms with E-state index in [-0.39, 0.29) is 28.1 Å². The van der Waals surface area contributed by atoms with Gasteiger partial charge in [-0.1, -0.05) is 76.1 Å². The molecule has 252 valence electrons. The Hall–Kier alpha value is -3.31. The van der Waals surface area contributed by atoms with Crippen LogP contribution in [0.15, 0.2) is 66.7 Å². The molecule has 3 aromatic rings. The Morgan fingerprint density at radius 1 is 0.787 bits per heavy atom. The lowest BCUT2D eigenvalue weighted by Gasteiger charge is -2.55. The van der Waals surface area contributed by atoms with Gasteiger partial charge in [-0.3, -0.25) is 4.79 Å². The van der Waals surface area contributed by atoms with E-state index in [0.717, 1.165) is 50.7 Å². The molecule has 4 aliphatic carbocycles. The van der Waals surface area contributed by atoms with Crippen molar-refractivity contribution in [3.05, 3.63) is 94.5 Å². The fourth-order valence-corrected chi connectivity index (χ4v) is 10.5. The number of hydrogen-bond acceptors (Lipinski definition) is 5. The van der Waals surface area contributed by atoms with Gasteiger partial charge in [0.15, 0.2) is 0 Å². The zero-order valence-corrected chi connectivity index (χ0v) is 29.1. The van der Waals surface area contributed by atoms with Crippen LogP contribution in [0.1, 0.15) is 107 Å². The van der Waals surface area contributed by atoms with Gasteiger partial charge in [-0.05, 0) is 138 Å². The lowest BCUT2D eigenvalue weighted by Crippen LogP contribution is -2.52. The molecule has 0 saturated heterocycles. The number of benzene rings is 3. The summed E-state index contributed by atoms with van der Waals surface area (Å²) in [5.74, 6) is 2.03. The molecule has 0 heterocycles. The summed E-state index contributed by atoms with van der Waals surface area (Å²) < 4.78 is 11.2. The fraction of sp³-hybridized carbons (Fsp3) is 0.548. The van der Waals surface area contributed by atoms with E-state index < -0.39 is 5.41 Å². The van der Waals surface area contributed by atoms with Crippen LogP contribution in [0.25, 0.3) is 0 Å². The number of methoxy groups -OCH3 is 1. The quantitative estimate of drug-likeness (QED) is 0.273. The monoisotopic (exact) mass is 638 g/mol. The van der Waals surface area contributed by atoms with Crippen molar-refractivity contribution in [2.45, 2.75) is 109 Å². The lowest BCUT2D eigenvalue weighted by atomic mass is 9.50. The molecule has 0 aromatic heterocycles. The van der Waals surface area contributed by atoms with Gasteiger partial charge in [-0.15, -0.1) is 0 Å². The van der Waals surface area contributed by atoms with Crippen LogP contribution in [-0.4, -0.2) is 29.9 Å². The Morgan fingerprint density at radius 3 is 2.09 bits per heavy atom. The Kier molecular flexibility index (Phi) is 9.25. The van der Waals surface area contributed by atoms with E-state index in [0.29, 0.717) is 24.9 Å². The Balaban J connectivity index is 0.000000168. The standard InChI is InChI=1S/C24H30O2.C18H24O3/c1-23(17-25)13-6-14-24(2)21-15-20(11-9-19(21)10-12-22(23)24)26-16-18-7-4-3-5-8-18;1-17-9-4-10-18(2,16(20)21-3)15(17)8-6-12-5-7-13(19)11-14(12)17/h3-5,7-9,11,15,22,25H,6,10,12-14,16-17H2,1-2H3;5,7,11,15,19H,4,6,8-10H2,1-3H3/t22-,23+,24+;15-,17-,18+/m01/s1. The number of fused-ring (bicyclic) bond motifs is 6. The minimum atomic E-state index is -0.412. The van der Waals surface area contributed by atoms with Crippen LogP contribution in [0.3, 0.4) is 0 Å². The number of carbonyl (C=O) groups excluding carboxylic acids is 1. The molecule has 4 aliphatic rings. The van der Waals surface area contributed by atoms with Crippen molar-refractivity contribution in [2.75, 3.05) is 13.7 Å². The third kappa shape index (κ3) is 5.98. The Morgan fingerprint density at radius 2 is 1.40 bits per heavy atom. The van der Waals surface area contributed by atoms with Crippen molar-refractivity contribution in [3.63, 3.8) is 0 Å². The number of carbonyl (C=O) groups is 1. The average Bonchev–Trinajstić information content (AvgIpc) is 3.08. The summed E-state index contributed by atoms with van der Waals surface area (Å²) in [4.78, 5) is 12.4. The molecule has 2 fully saturated rings. The molecule has 5 nitrogen and oxygen atoms in total. The summed E-state index contributed by atoms with van der Waals surface area (Å²) in [6.45, 7) is 9.94. The molecule has 0 spiro atoms. The second kappa shape index (κ2) is 13.0. The van der Waals surface area contributed by atoms with Crippen molar-refractivity contribution in [3.8, 4) is 11.5 Å². The highest BCUT2D eigenvalue weighted by Crippen LogP contribution is 2.59. The van der Waals surface area contributed by atoms with Gasteiger partial charge in [-0.2, -0.15) is 0 Å². The first kappa shape index (κ1) is 33.6. The van der Waals surface area contributed by atoms with Gasteiger partial charge in [0, 0.05) is 6.61 Å². The van der Waals surface area contributed by atoms with E-state index in [1.165, 1.54) is 54.2 Å². The number of aryl methyl sites for hydroxylation is 2. The summed E-state index contributed by atoms with van der Waals surface area (Å²) >= 11 is 0. The largest absolute Gasteiger partial charge is 0.508 e. The lowest BCUT2D eigenvalue weighted by molar-refractivity contribution is -0.161. The predicted octanol–water partition coefficient (Wildman–Crippen LogP) is 8.84. The molecule has 0 amide bonds. The van der Waals surface area contributed by atoms with E-state index >= 15 is 0 Å². The molecule has 7 rings (SSSR count). The second-order valence-electron chi connectivity index (χ2n) is 15.9. The molecule has 2 N–H and O–H groups in total. The van der Waals surface area contributed by atoms with Gasteiger partial charge >= 0.3 is 5.97 Å². The van der Waals surface area contributed by atoms with Gasteiger partial charge in [0.05, 0.1) is 12.5 Å². The van der Waals surface area contributed by atoms with Gasteiger partial charge in [0.1, 0.15) is 18.1 Å². The van der Waals surface area contributed by atoms with Crippen molar-refractivity contribution >= 4 is 5.97 Å². The van der Waals surface area contributed by atoms with E-state index in [1.54, 1.807) is 6.07 Å². The summed E-state index contributed by atoms with van der Waals surface area (Å²) in [6.07, 6.45) is 10.8. The van der Waals surface area contributed by atoms with Crippen LogP contribution < -0.4 is 4.74 Å². The van der Waals surface area contributed by atoms with E-state index in [2.05, 4.69) is 70.2 Å². The zero-order valence-electron chi connectivity index (χ0n) is 29.1. The van der Waals surface area contributed by atoms with E-state index in [1.807, 2.05) is 18.2 Å². The minimum Gasteiger partial charge on any atom is -0.508 e. The number of aromatic hydroxyl groups is 1. The first-order valence-electron chi connectivity index (χ1n) is 17.8. The van der Waals surface area contributed by atoms with Crippen molar-refractivity contribution in [1.82, 2.24) is 0 Å². The molecule has 3 aromatic carbocycles. The highest BCUT2D eigenvalue weighted by molar-refractivity contribution is 5.77. The van der Waals surface area contributed by atoms with E-state index in [9.17, 15) is 15.0 Å². The maximum absolute atomic E-state index is 12.4. The van der Waals surface area contributed by atoms with Crippen molar-refractivity contribution in [2.24, 2.45) is 22.7 Å². The molecular formula is C42H54O5. The maximum Gasteiger partial charge on any atom is 0.311 e. The third-order valence-electron chi connectivity index (χ3n) is 13.1. The molecular weight excluding hydrogens is 584 g/mol. The molecule has 0 unspecified atom stereocenters.